The zero-order valence-corrected chi connectivity index (χ0v) is 5.59. The van der Waals surface area contributed by atoms with Crippen molar-refractivity contribution in [2.24, 2.45) is 6.98 Å². The van der Waals surface area contributed by atoms with Crippen molar-refractivity contribution in [3.8, 4) is 0 Å². The van der Waals surface area contributed by atoms with Crippen molar-refractivity contribution in [1.29, 1.82) is 0 Å². The lowest BCUT2D eigenvalue weighted by Crippen LogP contribution is -2.20. The summed E-state index contributed by atoms with van der Waals surface area (Å²) in [4.78, 5) is 11.2. The summed E-state index contributed by atoms with van der Waals surface area (Å²) in [7, 11) is 0. The third-order valence-electron chi connectivity index (χ3n) is 0.946. The van der Waals surface area contributed by atoms with Gasteiger partial charge >= 0.3 is 0 Å². The zero-order chi connectivity index (χ0) is 10.2. The molecule has 0 unspecified atom stereocenters. The second-order valence-electron chi connectivity index (χ2n) is 1.63. The van der Waals surface area contributed by atoms with E-state index in [1.165, 1.54) is 0 Å². The van der Waals surface area contributed by atoms with Gasteiger partial charge in [0.05, 0.1) is 11.9 Å². The maximum Gasteiger partial charge on any atom is 0.287 e. The van der Waals surface area contributed by atoms with Gasteiger partial charge < -0.3 is 5.73 Å². The minimum atomic E-state index is -2.63. The van der Waals surface area contributed by atoms with Crippen molar-refractivity contribution < 1.29 is 4.11 Å². The van der Waals surface area contributed by atoms with Crippen LogP contribution in [0.3, 0.4) is 0 Å². The topological polar surface area (TPSA) is 60.9 Å². The number of aromatic nitrogens is 2. The van der Waals surface area contributed by atoms with Gasteiger partial charge in [-0.25, -0.2) is 4.68 Å². The molecule has 0 bridgehead atoms. The molecule has 0 aliphatic carbocycles. The number of nitrogens with zero attached hydrogens (tertiary/aromatic N) is 2. The summed E-state index contributed by atoms with van der Waals surface area (Å²) in [5, 5.41) is 3.01. The molecule has 1 heterocycles. The van der Waals surface area contributed by atoms with Crippen molar-refractivity contribution >= 4 is 17.3 Å². The van der Waals surface area contributed by atoms with Crippen molar-refractivity contribution in [3.05, 3.63) is 21.6 Å². The second-order valence-corrected chi connectivity index (χ2v) is 2.01. The van der Waals surface area contributed by atoms with E-state index in [1.54, 1.807) is 0 Å². The van der Waals surface area contributed by atoms with E-state index in [9.17, 15) is 4.79 Å². The van der Waals surface area contributed by atoms with Gasteiger partial charge in [-0.05, 0) is 0 Å². The maximum absolute atomic E-state index is 11.2. The first-order valence-corrected chi connectivity index (χ1v) is 2.75. The summed E-state index contributed by atoms with van der Waals surface area (Å²) in [6.07, 6.45) is 1.02. The van der Waals surface area contributed by atoms with E-state index in [2.05, 4.69) is 5.10 Å². The molecular weight excluding hydrogens is 155 g/mol. The number of rotatable bonds is 0. The van der Waals surface area contributed by atoms with Crippen LogP contribution in [0.15, 0.2) is 11.0 Å². The molecule has 0 saturated heterocycles. The Morgan fingerprint density at radius 3 is 3.30 bits per heavy atom. The monoisotopic (exact) mass is 163 g/mol. The van der Waals surface area contributed by atoms with E-state index >= 15 is 0 Å². The fourth-order valence-electron chi connectivity index (χ4n) is 0.445. The number of hydrogen-bond donors (Lipinski definition) is 1. The quantitative estimate of drug-likeness (QED) is 0.549. The first kappa shape index (κ1) is 3.98. The van der Waals surface area contributed by atoms with Crippen molar-refractivity contribution in [2.45, 2.75) is 0 Å². The lowest BCUT2D eigenvalue weighted by atomic mass is 10.5. The first-order valence-electron chi connectivity index (χ1n) is 3.88. The Hall–Kier alpha value is -1.03. The molecule has 5 heteroatoms. The van der Waals surface area contributed by atoms with Gasteiger partial charge in [-0.3, -0.25) is 4.79 Å². The Bertz CT molecular complexity index is 386. The fraction of sp³-hybridized carbons (Fsp3) is 0.200. The number of hydrogen-bond acceptors (Lipinski definition) is 3. The Labute approximate surface area is 66.4 Å². The summed E-state index contributed by atoms with van der Waals surface area (Å²) in [6, 6.07) is 0. The van der Waals surface area contributed by atoms with Crippen LogP contribution in [0.2, 0.25) is 5.02 Å². The van der Waals surface area contributed by atoms with Crippen molar-refractivity contribution in [3.63, 3.8) is 0 Å². The highest BCUT2D eigenvalue weighted by Gasteiger charge is 2.01. The Morgan fingerprint density at radius 1 is 2.00 bits per heavy atom. The molecule has 1 rings (SSSR count). The van der Waals surface area contributed by atoms with Crippen LogP contribution in [0.1, 0.15) is 4.11 Å². The number of nitrogen functional groups attached to an aromatic ring is 1. The maximum atomic E-state index is 11.2. The van der Waals surface area contributed by atoms with Crippen LogP contribution in [0, 0.1) is 0 Å². The highest BCUT2D eigenvalue weighted by Crippen LogP contribution is 2.08. The SMILES string of the molecule is [2H][13C]([2H])([2H])n1ncc(N)c(Cl)c1=O. The Kier molecular flexibility index (Phi) is 0.915. The molecule has 0 saturated carbocycles. The van der Waals surface area contributed by atoms with Crippen molar-refractivity contribution in [1.82, 2.24) is 9.78 Å². The molecule has 0 fully saturated rings. The Morgan fingerprint density at radius 2 is 2.70 bits per heavy atom. The first-order chi connectivity index (χ1) is 5.84. The van der Waals surface area contributed by atoms with Gasteiger partial charge in [0.25, 0.3) is 5.56 Å². The summed E-state index contributed by atoms with van der Waals surface area (Å²) in [5.74, 6) is 0. The minimum absolute atomic E-state index is 0.0350. The molecule has 0 atom stereocenters. The summed E-state index contributed by atoms with van der Waals surface area (Å²) < 4.78 is 21.1. The average molecular weight is 164 g/mol. The van der Waals surface area contributed by atoms with Crippen LogP contribution in [-0.4, -0.2) is 9.78 Å². The van der Waals surface area contributed by atoms with Gasteiger partial charge in [-0.15, -0.1) is 0 Å². The van der Waals surface area contributed by atoms with E-state index < -0.39 is 12.5 Å². The van der Waals surface area contributed by atoms with Crippen LogP contribution >= 0.6 is 11.6 Å². The van der Waals surface area contributed by atoms with Gasteiger partial charge in [0.1, 0.15) is 5.02 Å². The smallest absolute Gasteiger partial charge is 0.287 e. The standard InChI is InChI=1S/C5H6ClN3O/c1-9-5(10)4(6)3(7)2-8-9/h2H,7H2,1H3/i1+1D3. The van der Waals surface area contributed by atoms with Crippen molar-refractivity contribution in [2.75, 3.05) is 5.73 Å². The largest absolute Gasteiger partial charge is 0.396 e. The molecule has 1 aromatic heterocycles. The van der Waals surface area contributed by atoms with Crippen LogP contribution in [-0.2, 0) is 6.98 Å². The molecule has 0 aliphatic rings. The zero-order valence-electron chi connectivity index (χ0n) is 7.84. The van der Waals surface area contributed by atoms with Gasteiger partial charge in [-0.2, -0.15) is 5.10 Å². The van der Waals surface area contributed by atoms with Crippen LogP contribution in [0.5, 0.6) is 0 Å². The van der Waals surface area contributed by atoms with E-state index in [0.717, 1.165) is 6.20 Å². The normalized spacial score (nSPS) is 15.5. The molecule has 1 aromatic rings. The average Bonchev–Trinajstić information content (AvgIpc) is 1.98. The highest BCUT2D eigenvalue weighted by molar-refractivity contribution is 6.32. The minimum Gasteiger partial charge on any atom is -0.396 e. The number of halogens is 1. The number of anilines is 1. The number of aryl methyl sites for hydroxylation is 1. The molecule has 4 nitrogen and oxygen atoms in total. The lowest BCUT2D eigenvalue weighted by molar-refractivity contribution is 0.709. The molecule has 2 N–H and O–H groups in total. The molecule has 54 valence electrons. The summed E-state index contributed by atoms with van der Waals surface area (Å²) >= 11 is 5.44. The van der Waals surface area contributed by atoms with Crippen LogP contribution in [0.25, 0.3) is 0 Å². The van der Waals surface area contributed by atoms with E-state index in [1.807, 2.05) is 0 Å². The summed E-state index contributed by atoms with van der Waals surface area (Å²) in [6.45, 7) is -2.63. The molecule has 0 aliphatic heterocycles. The molecule has 0 amide bonds. The second kappa shape index (κ2) is 2.30. The predicted molar refractivity (Wildman–Crippen MR) is 38.9 cm³/mol. The van der Waals surface area contributed by atoms with Gasteiger partial charge in [-0.1, -0.05) is 11.6 Å². The van der Waals surface area contributed by atoms with E-state index in [-0.39, 0.29) is 10.7 Å². The van der Waals surface area contributed by atoms with E-state index in [0.29, 0.717) is 4.68 Å². The molecule has 0 spiro atoms. The van der Waals surface area contributed by atoms with Crippen LogP contribution < -0.4 is 11.3 Å². The summed E-state index contributed by atoms with van der Waals surface area (Å²) in [5.41, 5.74) is 4.29. The van der Waals surface area contributed by atoms with Gasteiger partial charge in [0.2, 0.25) is 0 Å². The fourth-order valence-corrected chi connectivity index (χ4v) is 0.574. The van der Waals surface area contributed by atoms with Gasteiger partial charge in [0, 0.05) is 11.1 Å². The lowest BCUT2D eigenvalue weighted by Gasteiger charge is -1.97. The number of nitrogens with two attached hydrogens (primary N) is 1. The Balaban J connectivity index is 3.44. The molecular formula is C5H6ClN3O. The third kappa shape index (κ3) is 0.974. The van der Waals surface area contributed by atoms with Crippen LogP contribution in [0.4, 0.5) is 5.69 Å². The third-order valence-corrected chi connectivity index (χ3v) is 1.33. The molecule has 0 radical (unpaired) electrons. The van der Waals surface area contributed by atoms with E-state index in [4.69, 9.17) is 21.4 Å². The predicted octanol–water partition coefficient (Wildman–Crippen LogP) is 0.0159. The highest BCUT2D eigenvalue weighted by atomic mass is 35.5. The van der Waals surface area contributed by atoms with Gasteiger partial charge in [0.15, 0.2) is 0 Å². The molecule has 0 aromatic carbocycles. The molecule has 10 heavy (non-hydrogen) atoms.